The molecule has 0 saturated carbocycles. The van der Waals surface area contributed by atoms with E-state index in [0.717, 1.165) is 0 Å². The second-order valence-electron chi connectivity index (χ2n) is 4.45. The Morgan fingerprint density at radius 1 is 1.30 bits per heavy atom. The van der Waals surface area contributed by atoms with Crippen LogP contribution in [0.2, 0.25) is 0 Å². The number of aliphatic carboxylic acids is 1. The van der Waals surface area contributed by atoms with E-state index in [1.54, 1.807) is 38.1 Å². The van der Waals surface area contributed by atoms with E-state index in [1.807, 2.05) is 0 Å². The average Bonchev–Trinajstić information content (AvgIpc) is 2.37. The molecule has 0 saturated heterocycles. The molecule has 1 aromatic carbocycles. The maximum absolute atomic E-state index is 11.9. The summed E-state index contributed by atoms with van der Waals surface area (Å²) in [5, 5.41) is 13.9. The van der Waals surface area contributed by atoms with Gasteiger partial charge in [-0.05, 0) is 25.1 Å². The molecule has 0 radical (unpaired) electrons. The quantitative estimate of drug-likeness (QED) is 0.737. The number of carboxylic acid groups (broad SMARTS) is 1. The Hall–Kier alpha value is -2.37. The van der Waals surface area contributed by atoms with Gasteiger partial charge in [0.1, 0.15) is 0 Å². The van der Waals surface area contributed by atoms with Crippen LogP contribution in [-0.4, -0.2) is 28.9 Å². The number of benzene rings is 1. The third-order valence-electron chi connectivity index (χ3n) is 2.59. The Labute approximate surface area is 117 Å². The number of anilines is 1. The first-order valence-electron chi connectivity index (χ1n) is 6.35. The lowest BCUT2D eigenvalue weighted by Gasteiger charge is -2.12. The first-order valence-corrected chi connectivity index (χ1v) is 6.35. The zero-order valence-electron chi connectivity index (χ0n) is 11.5. The minimum absolute atomic E-state index is 0.137. The van der Waals surface area contributed by atoms with Gasteiger partial charge in [-0.1, -0.05) is 13.0 Å². The number of carbonyl (C=O) groups excluding carboxylic acids is 2. The summed E-state index contributed by atoms with van der Waals surface area (Å²) in [5.41, 5.74) is 0.909. The third kappa shape index (κ3) is 5.09. The zero-order chi connectivity index (χ0) is 15.1. The van der Waals surface area contributed by atoms with E-state index in [0.29, 0.717) is 17.7 Å². The number of hydrogen-bond donors (Lipinski definition) is 3. The molecule has 1 rings (SSSR count). The van der Waals surface area contributed by atoms with Crippen LogP contribution in [0.1, 0.15) is 37.0 Å². The van der Waals surface area contributed by atoms with Gasteiger partial charge < -0.3 is 15.7 Å². The second-order valence-corrected chi connectivity index (χ2v) is 4.45. The summed E-state index contributed by atoms with van der Waals surface area (Å²) in [7, 11) is 0. The summed E-state index contributed by atoms with van der Waals surface area (Å²) in [6.07, 6.45) is 0.212. The first-order chi connectivity index (χ1) is 9.42. The van der Waals surface area contributed by atoms with Crippen LogP contribution >= 0.6 is 0 Å². The molecule has 3 N–H and O–H groups in total. The summed E-state index contributed by atoms with van der Waals surface area (Å²) in [5.74, 6) is -1.48. The Balaban J connectivity index is 2.71. The Morgan fingerprint density at radius 3 is 2.60 bits per heavy atom. The van der Waals surface area contributed by atoms with Crippen LogP contribution in [0.5, 0.6) is 0 Å². The van der Waals surface area contributed by atoms with Gasteiger partial charge in [0.25, 0.3) is 5.91 Å². The van der Waals surface area contributed by atoms with E-state index in [2.05, 4.69) is 10.6 Å². The fourth-order valence-corrected chi connectivity index (χ4v) is 1.61. The van der Waals surface area contributed by atoms with Crippen LogP contribution < -0.4 is 10.6 Å². The first kappa shape index (κ1) is 15.7. The van der Waals surface area contributed by atoms with E-state index in [1.165, 1.54) is 0 Å². The molecular formula is C14H18N2O4. The number of carbonyl (C=O) groups is 3. The van der Waals surface area contributed by atoms with Crippen molar-refractivity contribution in [1.29, 1.82) is 0 Å². The van der Waals surface area contributed by atoms with Crippen LogP contribution in [0.15, 0.2) is 24.3 Å². The zero-order valence-corrected chi connectivity index (χ0v) is 11.5. The molecule has 0 heterocycles. The van der Waals surface area contributed by atoms with Crippen LogP contribution in [0, 0.1) is 0 Å². The van der Waals surface area contributed by atoms with E-state index >= 15 is 0 Å². The normalized spacial score (nSPS) is 11.5. The van der Waals surface area contributed by atoms with Crippen molar-refractivity contribution in [3.63, 3.8) is 0 Å². The summed E-state index contributed by atoms with van der Waals surface area (Å²) in [4.78, 5) is 33.7. The molecule has 0 fully saturated rings. The van der Waals surface area contributed by atoms with Crippen molar-refractivity contribution in [3.05, 3.63) is 29.8 Å². The largest absolute Gasteiger partial charge is 0.481 e. The van der Waals surface area contributed by atoms with E-state index in [-0.39, 0.29) is 18.2 Å². The summed E-state index contributed by atoms with van der Waals surface area (Å²) in [6.45, 7) is 3.36. The highest BCUT2D eigenvalue weighted by molar-refractivity contribution is 5.97. The molecule has 0 aromatic heterocycles. The lowest BCUT2D eigenvalue weighted by Crippen LogP contribution is -2.34. The predicted molar refractivity (Wildman–Crippen MR) is 74.5 cm³/mol. The molecule has 1 unspecified atom stereocenters. The summed E-state index contributed by atoms with van der Waals surface area (Å²) < 4.78 is 0. The Morgan fingerprint density at radius 2 is 2.00 bits per heavy atom. The Kier molecular flexibility index (Phi) is 5.71. The monoisotopic (exact) mass is 278 g/mol. The van der Waals surface area contributed by atoms with Crippen LogP contribution in [-0.2, 0) is 9.59 Å². The number of amides is 2. The smallest absolute Gasteiger partial charge is 0.305 e. The number of carboxylic acids is 1. The average molecular weight is 278 g/mol. The molecule has 0 aliphatic carbocycles. The van der Waals surface area contributed by atoms with E-state index < -0.39 is 12.0 Å². The summed E-state index contributed by atoms with van der Waals surface area (Å²) >= 11 is 0. The molecular weight excluding hydrogens is 260 g/mol. The van der Waals surface area contributed by atoms with Gasteiger partial charge in [0.15, 0.2) is 0 Å². The van der Waals surface area contributed by atoms with Gasteiger partial charge in [0.05, 0.1) is 6.42 Å². The van der Waals surface area contributed by atoms with Gasteiger partial charge in [-0.2, -0.15) is 0 Å². The molecule has 6 heteroatoms. The topological polar surface area (TPSA) is 95.5 Å². The van der Waals surface area contributed by atoms with Crippen LogP contribution in [0.3, 0.4) is 0 Å². The number of nitrogens with one attached hydrogen (secondary N) is 2. The second kappa shape index (κ2) is 7.28. The molecule has 0 aliphatic heterocycles. The van der Waals surface area contributed by atoms with E-state index in [4.69, 9.17) is 5.11 Å². The molecule has 0 spiro atoms. The van der Waals surface area contributed by atoms with Crippen molar-refractivity contribution >= 4 is 23.5 Å². The fraction of sp³-hybridized carbons (Fsp3) is 0.357. The minimum atomic E-state index is -0.971. The standard InChI is InChI=1S/C14H18N2O4/c1-3-12(17)16-11-6-4-5-10(8-11)14(20)15-9(2)7-13(18)19/h4-6,8-9H,3,7H2,1-2H3,(H,15,20)(H,16,17)(H,18,19). The highest BCUT2D eigenvalue weighted by Crippen LogP contribution is 2.11. The van der Waals surface area contributed by atoms with Crippen molar-refractivity contribution in [2.45, 2.75) is 32.7 Å². The molecule has 20 heavy (non-hydrogen) atoms. The highest BCUT2D eigenvalue weighted by atomic mass is 16.4. The van der Waals surface area contributed by atoms with Gasteiger partial charge in [-0.15, -0.1) is 0 Å². The molecule has 0 aliphatic rings. The predicted octanol–water partition coefficient (Wildman–Crippen LogP) is 1.63. The van der Waals surface area contributed by atoms with Crippen molar-refractivity contribution in [3.8, 4) is 0 Å². The number of rotatable bonds is 6. The lowest BCUT2D eigenvalue weighted by molar-refractivity contribution is -0.137. The van der Waals surface area contributed by atoms with E-state index in [9.17, 15) is 14.4 Å². The van der Waals surface area contributed by atoms with Gasteiger partial charge in [0.2, 0.25) is 5.91 Å². The Bertz CT molecular complexity index is 514. The molecule has 2 amide bonds. The fourth-order valence-electron chi connectivity index (χ4n) is 1.61. The molecule has 6 nitrogen and oxygen atoms in total. The van der Waals surface area contributed by atoms with Crippen LogP contribution in [0.25, 0.3) is 0 Å². The van der Waals surface area contributed by atoms with Crippen molar-refractivity contribution < 1.29 is 19.5 Å². The van der Waals surface area contributed by atoms with Crippen molar-refractivity contribution in [1.82, 2.24) is 5.32 Å². The lowest BCUT2D eigenvalue weighted by atomic mass is 10.1. The molecule has 1 aromatic rings. The number of hydrogen-bond acceptors (Lipinski definition) is 3. The van der Waals surface area contributed by atoms with Gasteiger partial charge in [0, 0.05) is 23.7 Å². The van der Waals surface area contributed by atoms with Crippen LogP contribution in [0.4, 0.5) is 5.69 Å². The van der Waals surface area contributed by atoms with Gasteiger partial charge in [-0.25, -0.2) is 0 Å². The SMILES string of the molecule is CCC(=O)Nc1cccc(C(=O)NC(C)CC(=O)O)c1. The highest BCUT2D eigenvalue weighted by Gasteiger charge is 2.13. The maximum Gasteiger partial charge on any atom is 0.305 e. The van der Waals surface area contributed by atoms with Crippen molar-refractivity contribution in [2.24, 2.45) is 0 Å². The maximum atomic E-state index is 11.9. The van der Waals surface area contributed by atoms with Gasteiger partial charge in [-0.3, -0.25) is 14.4 Å². The molecule has 0 bridgehead atoms. The van der Waals surface area contributed by atoms with Gasteiger partial charge >= 0.3 is 5.97 Å². The third-order valence-corrected chi connectivity index (χ3v) is 2.59. The minimum Gasteiger partial charge on any atom is -0.481 e. The molecule has 1 atom stereocenters. The molecule has 108 valence electrons. The van der Waals surface area contributed by atoms with Crippen molar-refractivity contribution in [2.75, 3.05) is 5.32 Å². The summed E-state index contributed by atoms with van der Waals surface area (Å²) in [6, 6.07) is 6.03.